The van der Waals surface area contributed by atoms with Crippen molar-refractivity contribution in [1.29, 1.82) is 0 Å². The highest BCUT2D eigenvalue weighted by molar-refractivity contribution is 7.09. The molecule has 21 heavy (non-hydrogen) atoms. The molecule has 1 amide bonds. The molecule has 1 aromatic carbocycles. The first-order chi connectivity index (χ1) is 10.1. The van der Waals surface area contributed by atoms with E-state index in [2.05, 4.69) is 36.2 Å². The number of rotatable bonds is 2. The molecule has 0 bridgehead atoms. The van der Waals surface area contributed by atoms with E-state index in [1.807, 2.05) is 17.2 Å². The summed E-state index contributed by atoms with van der Waals surface area (Å²) in [6.07, 6.45) is 2.22. The van der Waals surface area contributed by atoms with Gasteiger partial charge in [-0.15, -0.1) is 11.3 Å². The van der Waals surface area contributed by atoms with Gasteiger partial charge in [-0.3, -0.25) is 4.79 Å². The Morgan fingerprint density at radius 3 is 2.95 bits per heavy atom. The fourth-order valence-electron chi connectivity index (χ4n) is 2.98. The number of hydrogen-bond donors (Lipinski definition) is 0. The van der Waals surface area contributed by atoms with Gasteiger partial charge in [0, 0.05) is 24.4 Å². The number of carbonyl (C=O) groups is 1. The van der Waals surface area contributed by atoms with Crippen molar-refractivity contribution >= 4 is 17.2 Å². The lowest BCUT2D eigenvalue weighted by atomic mass is 9.90. The van der Waals surface area contributed by atoms with Crippen LogP contribution in [0.1, 0.15) is 45.4 Å². The second kappa shape index (κ2) is 5.98. The molecule has 2 aromatic rings. The molecule has 1 aliphatic heterocycles. The number of nitrogens with zero attached hydrogens (tertiary/aromatic N) is 2. The normalized spacial score (nSPS) is 18.8. The van der Waals surface area contributed by atoms with Crippen LogP contribution in [-0.2, 0) is 0 Å². The summed E-state index contributed by atoms with van der Waals surface area (Å²) < 4.78 is 0. The number of likely N-dealkylation sites (tertiary alicyclic amines) is 1. The highest BCUT2D eigenvalue weighted by atomic mass is 32.1. The minimum absolute atomic E-state index is 0.0803. The van der Waals surface area contributed by atoms with Crippen LogP contribution >= 0.6 is 11.3 Å². The second-order valence-corrected chi connectivity index (χ2v) is 6.82. The molecule has 0 radical (unpaired) electrons. The second-order valence-electron chi connectivity index (χ2n) is 5.76. The van der Waals surface area contributed by atoms with Crippen molar-refractivity contribution in [2.24, 2.45) is 0 Å². The molecule has 3 nitrogen and oxygen atoms in total. The Morgan fingerprint density at radius 1 is 1.38 bits per heavy atom. The van der Waals surface area contributed by atoms with Crippen molar-refractivity contribution in [1.82, 2.24) is 9.88 Å². The smallest absolute Gasteiger partial charge is 0.273 e. The maximum atomic E-state index is 12.5. The van der Waals surface area contributed by atoms with E-state index in [9.17, 15) is 4.79 Å². The first-order valence-corrected chi connectivity index (χ1v) is 8.29. The molecular weight excluding hydrogens is 280 g/mol. The zero-order valence-corrected chi connectivity index (χ0v) is 13.3. The summed E-state index contributed by atoms with van der Waals surface area (Å²) in [6.45, 7) is 5.71. The molecule has 1 fully saturated rings. The van der Waals surface area contributed by atoms with Crippen LogP contribution in [0, 0.1) is 13.8 Å². The number of thiazole rings is 1. The van der Waals surface area contributed by atoms with Gasteiger partial charge in [-0.1, -0.05) is 29.8 Å². The zero-order chi connectivity index (χ0) is 14.8. The average Bonchev–Trinajstić information content (AvgIpc) is 2.93. The third-order valence-corrected chi connectivity index (χ3v) is 4.83. The quantitative estimate of drug-likeness (QED) is 0.845. The topological polar surface area (TPSA) is 33.2 Å². The third kappa shape index (κ3) is 3.16. The zero-order valence-electron chi connectivity index (χ0n) is 12.5. The van der Waals surface area contributed by atoms with Crippen molar-refractivity contribution in [3.05, 3.63) is 51.5 Å². The fraction of sp³-hybridized carbons (Fsp3) is 0.412. The van der Waals surface area contributed by atoms with E-state index >= 15 is 0 Å². The number of benzene rings is 1. The van der Waals surface area contributed by atoms with Gasteiger partial charge in [0.15, 0.2) is 0 Å². The summed E-state index contributed by atoms with van der Waals surface area (Å²) in [5, 5.41) is 2.82. The van der Waals surface area contributed by atoms with Crippen molar-refractivity contribution < 1.29 is 4.79 Å². The molecule has 1 aromatic heterocycles. The molecular formula is C17H20N2OS. The molecule has 0 aliphatic carbocycles. The van der Waals surface area contributed by atoms with Gasteiger partial charge in [0.05, 0.1) is 5.01 Å². The van der Waals surface area contributed by atoms with E-state index in [-0.39, 0.29) is 5.91 Å². The van der Waals surface area contributed by atoms with Crippen LogP contribution < -0.4 is 0 Å². The Bertz CT molecular complexity index is 650. The summed E-state index contributed by atoms with van der Waals surface area (Å²) in [5.41, 5.74) is 3.23. The van der Waals surface area contributed by atoms with Crippen molar-refractivity contribution in [2.75, 3.05) is 13.1 Å². The molecule has 1 aliphatic rings. The summed E-state index contributed by atoms with van der Waals surface area (Å²) in [4.78, 5) is 18.8. The Morgan fingerprint density at radius 2 is 2.24 bits per heavy atom. The lowest BCUT2D eigenvalue weighted by Gasteiger charge is -2.32. The molecule has 4 heteroatoms. The van der Waals surface area contributed by atoms with Gasteiger partial charge in [-0.25, -0.2) is 4.98 Å². The predicted molar refractivity (Wildman–Crippen MR) is 85.9 cm³/mol. The van der Waals surface area contributed by atoms with Crippen molar-refractivity contribution in [2.45, 2.75) is 32.6 Å². The highest BCUT2D eigenvalue weighted by Gasteiger charge is 2.26. The number of carbonyl (C=O) groups excluding carboxylic acids is 1. The fourth-order valence-corrected chi connectivity index (χ4v) is 3.57. The summed E-state index contributed by atoms with van der Waals surface area (Å²) in [5.74, 6) is 0.527. The Labute approximate surface area is 129 Å². The van der Waals surface area contributed by atoms with E-state index in [0.29, 0.717) is 11.6 Å². The van der Waals surface area contributed by atoms with E-state index in [1.165, 1.54) is 22.5 Å². The van der Waals surface area contributed by atoms with Crippen LogP contribution in [0.3, 0.4) is 0 Å². The van der Waals surface area contributed by atoms with E-state index < -0.39 is 0 Å². The third-order valence-electron chi connectivity index (χ3n) is 4.06. The van der Waals surface area contributed by atoms with Gasteiger partial charge in [0.2, 0.25) is 0 Å². The number of hydrogen-bond acceptors (Lipinski definition) is 3. The molecule has 0 unspecified atom stereocenters. The maximum absolute atomic E-state index is 12.5. The molecule has 0 saturated carbocycles. The number of aromatic nitrogens is 1. The number of amides is 1. The molecule has 2 heterocycles. The monoisotopic (exact) mass is 300 g/mol. The Balaban J connectivity index is 1.75. The largest absolute Gasteiger partial charge is 0.337 e. The van der Waals surface area contributed by atoms with Gasteiger partial charge >= 0.3 is 0 Å². The molecule has 1 saturated heterocycles. The SMILES string of the molecule is Cc1cccc([C@@H]2CCCN(C(=O)c3csc(C)n3)C2)c1. The molecule has 3 rings (SSSR count). The molecule has 0 spiro atoms. The molecule has 0 N–H and O–H groups in total. The van der Waals surface area contributed by atoms with Crippen molar-refractivity contribution in [3.8, 4) is 0 Å². The summed E-state index contributed by atoms with van der Waals surface area (Å²) in [7, 11) is 0. The minimum atomic E-state index is 0.0803. The van der Waals surface area contributed by atoms with Crippen LogP contribution in [0.5, 0.6) is 0 Å². The molecule has 110 valence electrons. The first-order valence-electron chi connectivity index (χ1n) is 7.41. The number of aryl methyl sites for hydroxylation is 2. The minimum Gasteiger partial charge on any atom is -0.337 e. The van der Waals surface area contributed by atoms with E-state index in [1.54, 1.807) is 0 Å². The number of piperidine rings is 1. The van der Waals surface area contributed by atoms with Crippen LogP contribution in [0.2, 0.25) is 0 Å². The van der Waals surface area contributed by atoms with Crippen LogP contribution in [0.4, 0.5) is 0 Å². The maximum Gasteiger partial charge on any atom is 0.273 e. The standard InChI is InChI=1S/C17H20N2OS/c1-12-5-3-6-14(9-12)15-7-4-8-19(10-15)17(20)16-11-21-13(2)18-16/h3,5-6,9,11,15H,4,7-8,10H2,1-2H3/t15-/m1/s1. The predicted octanol–water partition coefficient (Wildman–Crippen LogP) is 3.78. The first kappa shape index (κ1) is 14.3. The van der Waals surface area contributed by atoms with Crippen molar-refractivity contribution in [3.63, 3.8) is 0 Å². The summed E-state index contributed by atoms with van der Waals surface area (Å²) in [6, 6.07) is 8.65. The Hall–Kier alpha value is -1.68. The van der Waals surface area contributed by atoms with Crippen LogP contribution in [0.15, 0.2) is 29.6 Å². The van der Waals surface area contributed by atoms with E-state index in [4.69, 9.17) is 0 Å². The average molecular weight is 300 g/mol. The van der Waals surface area contributed by atoms with Crippen LogP contribution in [0.25, 0.3) is 0 Å². The Kier molecular flexibility index (Phi) is 4.06. The summed E-state index contributed by atoms with van der Waals surface area (Å²) >= 11 is 1.54. The lowest BCUT2D eigenvalue weighted by molar-refractivity contribution is 0.0702. The van der Waals surface area contributed by atoms with E-state index in [0.717, 1.165) is 30.9 Å². The highest BCUT2D eigenvalue weighted by Crippen LogP contribution is 2.28. The lowest BCUT2D eigenvalue weighted by Crippen LogP contribution is -2.39. The van der Waals surface area contributed by atoms with Crippen LogP contribution in [-0.4, -0.2) is 28.9 Å². The van der Waals surface area contributed by atoms with Gasteiger partial charge < -0.3 is 4.90 Å². The van der Waals surface area contributed by atoms with Gasteiger partial charge in [0.25, 0.3) is 5.91 Å². The van der Waals surface area contributed by atoms with Gasteiger partial charge in [-0.05, 0) is 32.3 Å². The van der Waals surface area contributed by atoms with Gasteiger partial charge in [0.1, 0.15) is 5.69 Å². The molecule has 1 atom stereocenters. The van der Waals surface area contributed by atoms with Gasteiger partial charge in [-0.2, -0.15) is 0 Å².